The number of unbranched alkanes of at least 4 members (excludes halogenated alkanes) is 1. The van der Waals surface area contributed by atoms with Crippen molar-refractivity contribution in [1.82, 2.24) is 15.5 Å². The molecule has 0 radical (unpaired) electrons. The van der Waals surface area contributed by atoms with Gasteiger partial charge in [-0.15, -0.1) is 12.4 Å². The van der Waals surface area contributed by atoms with Crippen LogP contribution in [0.25, 0.3) is 0 Å². The number of carbonyl (C=O) groups is 2. The van der Waals surface area contributed by atoms with Crippen molar-refractivity contribution in [3.63, 3.8) is 0 Å². The molecule has 6 nitrogen and oxygen atoms in total. The van der Waals surface area contributed by atoms with Crippen molar-refractivity contribution >= 4 is 24.2 Å². The first-order valence-electron chi connectivity index (χ1n) is 8.45. The highest BCUT2D eigenvalue weighted by molar-refractivity contribution is 6.00. The van der Waals surface area contributed by atoms with Crippen LogP contribution in [0.2, 0.25) is 0 Å². The second-order valence-corrected chi connectivity index (χ2v) is 6.81. The first-order chi connectivity index (χ1) is 10.4. The highest BCUT2D eigenvalue weighted by atomic mass is 35.5. The van der Waals surface area contributed by atoms with Crippen molar-refractivity contribution in [3.8, 4) is 0 Å². The van der Waals surface area contributed by atoms with Crippen LogP contribution in [-0.2, 0) is 9.59 Å². The first-order valence-corrected chi connectivity index (χ1v) is 8.45. The van der Waals surface area contributed by atoms with E-state index in [1.54, 1.807) is 4.90 Å². The van der Waals surface area contributed by atoms with Crippen LogP contribution in [0.4, 0.5) is 0 Å². The first kappa shape index (κ1) is 20.2. The Morgan fingerprint density at radius 2 is 1.91 bits per heavy atom. The summed E-state index contributed by atoms with van der Waals surface area (Å²) >= 11 is 0. The lowest BCUT2D eigenvalue weighted by atomic mass is 9.81. The number of hydrogen-bond acceptors (Lipinski definition) is 4. The topological polar surface area (TPSA) is 81.7 Å². The molecule has 0 saturated carbocycles. The molecular weight excluding hydrogens is 318 g/mol. The zero-order valence-corrected chi connectivity index (χ0v) is 15.1. The van der Waals surface area contributed by atoms with E-state index in [0.717, 1.165) is 25.9 Å². The third-order valence-corrected chi connectivity index (χ3v) is 4.95. The highest BCUT2D eigenvalue weighted by Crippen LogP contribution is 2.32. The van der Waals surface area contributed by atoms with Crippen LogP contribution < -0.4 is 10.6 Å². The summed E-state index contributed by atoms with van der Waals surface area (Å²) in [7, 11) is 0. The summed E-state index contributed by atoms with van der Waals surface area (Å²) in [6, 6.07) is -0.815. The maximum atomic E-state index is 12.9. The Bertz CT molecular complexity index is 425. The van der Waals surface area contributed by atoms with E-state index in [1.165, 1.54) is 0 Å². The average molecular weight is 348 g/mol. The van der Waals surface area contributed by atoms with E-state index in [4.69, 9.17) is 0 Å². The van der Waals surface area contributed by atoms with Gasteiger partial charge >= 0.3 is 0 Å². The van der Waals surface area contributed by atoms with Crippen LogP contribution in [0.5, 0.6) is 0 Å². The molecule has 23 heavy (non-hydrogen) atoms. The third-order valence-electron chi connectivity index (χ3n) is 4.95. The van der Waals surface area contributed by atoms with E-state index in [-0.39, 0.29) is 30.1 Å². The lowest BCUT2D eigenvalue weighted by Gasteiger charge is -2.51. The number of halogens is 1. The van der Waals surface area contributed by atoms with E-state index in [0.29, 0.717) is 19.4 Å². The van der Waals surface area contributed by atoms with Gasteiger partial charge in [-0.1, -0.05) is 27.2 Å². The van der Waals surface area contributed by atoms with Crippen molar-refractivity contribution in [1.29, 1.82) is 0 Å². The van der Waals surface area contributed by atoms with Gasteiger partial charge in [0.15, 0.2) is 0 Å². The molecule has 0 aromatic carbocycles. The number of carbonyl (C=O) groups excluding carboxylic acids is 2. The Hall–Kier alpha value is -0.850. The second-order valence-electron chi connectivity index (χ2n) is 6.81. The Kier molecular flexibility index (Phi) is 7.29. The highest BCUT2D eigenvalue weighted by Gasteiger charge is 2.53. The molecule has 0 unspecified atom stereocenters. The van der Waals surface area contributed by atoms with Crippen LogP contribution in [0.3, 0.4) is 0 Å². The molecule has 0 aliphatic carbocycles. The molecule has 0 aromatic rings. The van der Waals surface area contributed by atoms with Crippen LogP contribution in [0.1, 0.15) is 46.5 Å². The smallest absolute Gasteiger partial charge is 0.248 e. The summed E-state index contributed by atoms with van der Waals surface area (Å²) in [5, 5.41) is 16.4. The largest absolute Gasteiger partial charge is 0.390 e. The number of aliphatic hydroxyl groups excluding tert-OH is 1. The molecule has 2 aliphatic rings. The summed E-state index contributed by atoms with van der Waals surface area (Å²) in [6.45, 7) is 7.85. The number of piperidine rings is 1. The summed E-state index contributed by atoms with van der Waals surface area (Å²) in [4.78, 5) is 27.5. The monoisotopic (exact) mass is 347 g/mol. The van der Waals surface area contributed by atoms with Gasteiger partial charge in [-0.3, -0.25) is 9.59 Å². The molecule has 7 heteroatoms. The molecule has 1 spiro atoms. The van der Waals surface area contributed by atoms with Gasteiger partial charge < -0.3 is 20.6 Å². The fraction of sp³-hybridized carbons (Fsp3) is 0.875. The van der Waals surface area contributed by atoms with Crippen LogP contribution >= 0.6 is 12.4 Å². The van der Waals surface area contributed by atoms with E-state index >= 15 is 0 Å². The van der Waals surface area contributed by atoms with Crippen molar-refractivity contribution < 1.29 is 14.7 Å². The third kappa shape index (κ3) is 3.80. The van der Waals surface area contributed by atoms with Gasteiger partial charge in [-0.2, -0.15) is 0 Å². The molecule has 2 fully saturated rings. The maximum absolute atomic E-state index is 12.9. The number of amides is 2. The van der Waals surface area contributed by atoms with Crippen LogP contribution in [-0.4, -0.2) is 59.1 Å². The van der Waals surface area contributed by atoms with Crippen molar-refractivity contribution in [2.75, 3.05) is 19.6 Å². The van der Waals surface area contributed by atoms with Gasteiger partial charge in [0.1, 0.15) is 11.6 Å². The standard InChI is InChI=1S/C16H29N3O3.ClH/c1-4-5-10-19-14(21)12(13(20)11(2)3)18-15(22)16(19)6-8-17-9-7-16;/h11-13,17,20H,4-10H2,1-3H3,(H,18,22);1H/t12-,13+;/m0./s1. The molecule has 2 rings (SSSR count). The van der Waals surface area contributed by atoms with Gasteiger partial charge in [-0.25, -0.2) is 0 Å². The Balaban J connectivity index is 0.00000264. The van der Waals surface area contributed by atoms with Gasteiger partial charge in [0, 0.05) is 6.54 Å². The molecule has 2 atom stereocenters. The maximum Gasteiger partial charge on any atom is 0.248 e. The van der Waals surface area contributed by atoms with Crippen LogP contribution in [0.15, 0.2) is 0 Å². The van der Waals surface area contributed by atoms with Gasteiger partial charge in [0.25, 0.3) is 0 Å². The molecule has 134 valence electrons. The zero-order chi connectivity index (χ0) is 16.3. The minimum absolute atomic E-state index is 0. The Labute approximate surface area is 144 Å². The molecule has 2 heterocycles. The molecule has 2 saturated heterocycles. The molecule has 2 aliphatic heterocycles. The average Bonchev–Trinajstić information content (AvgIpc) is 2.51. The Morgan fingerprint density at radius 3 is 2.43 bits per heavy atom. The van der Waals surface area contributed by atoms with Gasteiger partial charge in [-0.05, 0) is 38.3 Å². The summed E-state index contributed by atoms with van der Waals surface area (Å²) in [5.74, 6) is -0.310. The van der Waals surface area contributed by atoms with E-state index < -0.39 is 17.7 Å². The lowest BCUT2D eigenvalue weighted by molar-refractivity contribution is -0.163. The number of hydrogen-bond donors (Lipinski definition) is 3. The molecular formula is C16H30ClN3O3. The van der Waals surface area contributed by atoms with Gasteiger partial charge in [0.2, 0.25) is 11.8 Å². The minimum Gasteiger partial charge on any atom is -0.390 e. The second kappa shape index (κ2) is 8.31. The Morgan fingerprint density at radius 1 is 1.30 bits per heavy atom. The minimum atomic E-state index is -0.848. The van der Waals surface area contributed by atoms with Crippen molar-refractivity contribution in [2.24, 2.45) is 5.92 Å². The lowest BCUT2D eigenvalue weighted by Crippen LogP contribution is -2.74. The normalized spacial score (nSPS) is 25.3. The number of aliphatic hydroxyl groups is 1. The van der Waals surface area contributed by atoms with E-state index in [2.05, 4.69) is 17.6 Å². The molecule has 0 bridgehead atoms. The fourth-order valence-corrected chi connectivity index (χ4v) is 3.43. The van der Waals surface area contributed by atoms with E-state index in [1.807, 2.05) is 13.8 Å². The fourth-order valence-electron chi connectivity index (χ4n) is 3.43. The predicted molar refractivity (Wildman–Crippen MR) is 91.5 cm³/mol. The van der Waals surface area contributed by atoms with Gasteiger partial charge in [0.05, 0.1) is 6.10 Å². The summed E-state index contributed by atoms with van der Waals surface area (Å²) in [5.41, 5.74) is -0.731. The quantitative estimate of drug-likeness (QED) is 0.683. The molecule has 3 N–H and O–H groups in total. The summed E-state index contributed by atoms with van der Waals surface area (Å²) in [6.07, 6.45) is 2.27. The predicted octanol–water partition coefficient (Wildman–Crippen LogP) is 0.674. The van der Waals surface area contributed by atoms with Crippen molar-refractivity contribution in [3.05, 3.63) is 0 Å². The number of nitrogens with one attached hydrogen (secondary N) is 2. The molecule has 0 aromatic heterocycles. The summed E-state index contributed by atoms with van der Waals surface area (Å²) < 4.78 is 0. The van der Waals surface area contributed by atoms with Crippen molar-refractivity contribution in [2.45, 2.75) is 64.1 Å². The number of rotatable bonds is 5. The molecule has 2 amide bonds. The van der Waals surface area contributed by atoms with Crippen LogP contribution in [0, 0.1) is 5.92 Å². The zero-order valence-electron chi connectivity index (χ0n) is 14.3. The number of nitrogens with zero attached hydrogens (tertiary/aromatic N) is 1. The number of piperazine rings is 1. The van der Waals surface area contributed by atoms with E-state index in [9.17, 15) is 14.7 Å². The SMILES string of the molecule is CCCCN1C(=O)[C@H]([C@H](O)C(C)C)NC(=O)C12CCNCC2.Cl.